The molecule has 5 aromatic rings. The molecule has 1 spiro atoms. The first-order valence-electron chi connectivity index (χ1n) is 13.7. The second-order valence-corrected chi connectivity index (χ2v) is 11.0. The van der Waals surface area contributed by atoms with E-state index >= 15 is 0 Å². The number of benzene rings is 2. The summed E-state index contributed by atoms with van der Waals surface area (Å²) in [7, 11) is 0. The van der Waals surface area contributed by atoms with Crippen LogP contribution in [0.1, 0.15) is 18.4 Å². The maximum absolute atomic E-state index is 9.10. The summed E-state index contributed by atoms with van der Waals surface area (Å²) in [6.07, 6.45) is 6.30. The van der Waals surface area contributed by atoms with Crippen molar-refractivity contribution in [1.29, 1.82) is 5.26 Å². The Morgan fingerprint density at radius 3 is 2.38 bits per heavy atom. The highest BCUT2D eigenvalue weighted by atomic mass is 15.2. The predicted molar refractivity (Wildman–Crippen MR) is 156 cm³/mol. The summed E-state index contributed by atoms with van der Waals surface area (Å²) in [6, 6.07) is 26.7. The number of aromatic nitrogens is 4. The van der Waals surface area contributed by atoms with E-state index in [-0.39, 0.29) is 0 Å². The molecule has 0 aliphatic carbocycles. The zero-order chi connectivity index (χ0) is 27.1. The molecule has 0 saturated carbocycles. The van der Waals surface area contributed by atoms with Crippen LogP contribution in [-0.2, 0) is 6.54 Å². The summed E-state index contributed by atoms with van der Waals surface area (Å²) < 4.78 is 2.08. The molecule has 0 radical (unpaired) electrons. The molecular weight excluding hydrogens is 496 g/mol. The fourth-order valence-corrected chi connectivity index (χ4v) is 6.10. The van der Waals surface area contributed by atoms with E-state index in [1.54, 1.807) is 6.20 Å². The normalized spacial score (nSPS) is 16.6. The average Bonchev–Trinajstić information content (AvgIpc) is 3.36. The molecule has 40 heavy (non-hydrogen) atoms. The monoisotopic (exact) mass is 526 g/mol. The number of anilines is 1. The molecule has 8 nitrogen and oxygen atoms in total. The van der Waals surface area contributed by atoms with Crippen molar-refractivity contribution in [3.63, 3.8) is 0 Å². The molecule has 2 N–H and O–H groups in total. The second kappa shape index (κ2) is 9.78. The Morgan fingerprint density at radius 2 is 1.65 bits per heavy atom. The van der Waals surface area contributed by atoms with Crippen molar-refractivity contribution in [3.05, 3.63) is 90.6 Å². The van der Waals surface area contributed by atoms with Crippen LogP contribution < -0.4 is 5.73 Å². The number of pyridine rings is 2. The quantitative estimate of drug-likeness (QED) is 0.318. The maximum Gasteiger partial charge on any atom is 0.179 e. The predicted octanol–water partition coefficient (Wildman–Crippen LogP) is 5.11. The van der Waals surface area contributed by atoms with E-state index in [0.29, 0.717) is 11.2 Å². The Kier molecular flexibility index (Phi) is 5.94. The van der Waals surface area contributed by atoms with Gasteiger partial charge in [0.2, 0.25) is 0 Å². The Morgan fingerprint density at radius 1 is 0.875 bits per heavy atom. The fraction of sp³-hybridized carbons (Fsp3) is 0.250. The van der Waals surface area contributed by atoms with Gasteiger partial charge in [-0.15, -0.1) is 0 Å². The number of hydrogen-bond acceptors (Lipinski definition) is 7. The summed E-state index contributed by atoms with van der Waals surface area (Å²) in [6.45, 7) is 4.92. The number of rotatable bonds is 5. The average molecular weight is 527 g/mol. The molecule has 7 rings (SSSR count). The van der Waals surface area contributed by atoms with Gasteiger partial charge in [-0.3, -0.25) is 9.47 Å². The zero-order valence-corrected chi connectivity index (χ0v) is 22.2. The highest BCUT2D eigenvalue weighted by Crippen LogP contribution is 2.40. The minimum atomic E-state index is 0.356. The van der Waals surface area contributed by atoms with E-state index in [0.717, 1.165) is 85.1 Å². The maximum atomic E-state index is 9.10. The van der Waals surface area contributed by atoms with Gasteiger partial charge in [0, 0.05) is 42.5 Å². The molecular formula is C32H30N8. The molecule has 198 valence electrons. The number of nitrogens with two attached hydrogens (primary N) is 1. The Balaban J connectivity index is 1.20. The molecule has 0 atom stereocenters. The lowest BCUT2D eigenvalue weighted by Crippen LogP contribution is -2.58. The third-order valence-corrected chi connectivity index (χ3v) is 8.36. The van der Waals surface area contributed by atoms with Crippen molar-refractivity contribution in [1.82, 2.24) is 29.3 Å². The van der Waals surface area contributed by atoms with Crippen molar-refractivity contribution < 1.29 is 0 Å². The largest absolute Gasteiger partial charge is 0.383 e. The van der Waals surface area contributed by atoms with Crippen molar-refractivity contribution in [2.75, 3.05) is 31.9 Å². The van der Waals surface area contributed by atoms with Crippen molar-refractivity contribution in [3.8, 4) is 34.5 Å². The lowest BCUT2D eigenvalue weighted by molar-refractivity contribution is -0.0162. The van der Waals surface area contributed by atoms with Gasteiger partial charge >= 0.3 is 0 Å². The first kappa shape index (κ1) is 24.3. The number of fused-ring (bicyclic) bond motifs is 1. The van der Waals surface area contributed by atoms with E-state index in [9.17, 15) is 0 Å². The number of hydrogen-bond donors (Lipinski definition) is 1. The standard InChI is InChI=1S/C32H30N8/c33-22-39-20-32(21-39)14-17-38(18-15-32)19-23-8-10-25(11-9-23)40-30(26-7-4-16-35-29(26)34)37-28-13-12-27(36-31(28)40)24-5-2-1-3-6-24/h1-13,16H,14-15,17-21H2,(H2,34,35). The van der Waals surface area contributed by atoms with Gasteiger partial charge in [-0.05, 0) is 67.9 Å². The Hall–Kier alpha value is -4.74. The third-order valence-electron chi connectivity index (χ3n) is 8.36. The van der Waals surface area contributed by atoms with Crippen LogP contribution in [-0.4, -0.2) is 55.5 Å². The number of nitriles is 1. The number of likely N-dealkylation sites (tertiary alicyclic amines) is 2. The Bertz CT molecular complexity index is 1700. The van der Waals surface area contributed by atoms with E-state index in [1.807, 2.05) is 47.4 Å². The summed E-state index contributed by atoms with van der Waals surface area (Å²) in [5, 5.41) is 9.10. The molecule has 2 aliphatic rings. The van der Waals surface area contributed by atoms with E-state index in [4.69, 9.17) is 21.0 Å². The summed E-state index contributed by atoms with van der Waals surface area (Å²) in [5.41, 5.74) is 13.2. The van der Waals surface area contributed by atoms with Gasteiger partial charge in [0.1, 0.15) is 11.3 Å². The van der Waals surface area contributed by atoms with Crippen LogP contribution in [0, 0.1) is 16.9 Å². The van der Waals surface area contributed by atoms with Crippen LogP contribution in [0.2, 0.25) is 0 Å². The lowest BCUT2D eigenvalue weighted by atomic mass is 9.72. The third kappa shape index (κ3) is 4.34. The minimum absolute atomic E-state index is 0.356. The first-order valence-corrected chi connectivity index (χ1v) is 13.7. The van der Waals surface area contributed by atoms with Crippen molar-refractivity contribution in [2.45, 2.75) is 19.4 Å². The lowest BCUT2D eigenvalue weighted by Gasteiger charge is -2.51. The molecule has 2 aromatic carbocycles. The van der Waals surface area contributed by atoms with Crippen LogP contribution in [0.4, 0.5) is 5.82 Å². The Labute approximate surface area is 233 Å². The molecule has 3 aromatic heterocycles. The zero-order valence-electron chi connectivity index (χ0n) is 22.2. The number of nitrogen functional groups attached to an aromatic ring is 1. The summed E-state index contributed by atoms with van der Waals surface area (Å²) >= 11 is 0. The van der Waals surface area contributed by atoms with Gasteiger partial charge in [-0.1, -0.05) is 42.5 Å². The van der Waals surface area contributed by atoms with Gasteiger partial charge in [0.05, 0.1) is 11.3 Å². The van der Waals surface area contributed by atoms with E-state index < -0.39 is 0 Å². The summed E-state index contributed by atoms with van der Waals surface area (Å²) in [4.78, 5) is 18.7. The van der Waals surface area contributed by atoms with Crippen molar-refractivity contribution in [2.24, 2.45) is 5.41 Å². The molecule has 5 heterocycles. The highest BCUT2D eigenvalue weighted by Gasteiger charge is 2.44. The van der Waals surface area contributed by atoms with Crippen LogP contribution in [0.15, 0.2) is 85.1 Å². The molecule has 0 unspecified atom stereocenters. The molecule has 2 aliphatic heterocycles. The fourth-order valence-electron chi connectivity index (χ4n) is 6.10. The van der Waals surface area contributed by atoms with Gasteiger partial charge in [0.25, 0.3) is 0 Å². The van der Waals surface area contributed by atoms with Crippen LogP contribution in [0.3, 0.4) is 0 Å². The van der Waals surface area contributed by atoms with Gasteiger partial charge < -0.3 is 10.6 Å². The number of nitrogens with zero attached hydrogens (tertiary/aromatic N) is 7. The first-order chi connectivity index (χ1) is 19.6. The van der Waals surface area contributed by atoms with Gasteiger partial charge in [-0.25, -0.2) is 15.0 Å². The van der Waals surface area contributed by atoms with Crippen LogP contribution in [0.5, 0.6) is 0 Å². The highest BCUT2D eigenvalue weighted by molar-refractivity contribution is 5.84. The van der Waals surface area contributed by atoms with Gasteiger partial charge in [-0.2, -0.15) is 5.26 Å². The van der Waals surface area contributed by atoms with Gasteiger partial charge in [0.15, 0.2) is 17.7 Å². The molecule has 0 bridgehead atoms. The summed E-state index contributed by atoms with van der Waals surface area (Å²) in [5.74, 6) is 1.16. The molecule has 2 saturated heterocycles. The number of piperidine rings is 1. The van der Waals surface area contributed by atoms with E-state index in [1.165, 1.54) is 5.56 Å². The molecule has 0 amide bonds. The number of imidazole rings is 1. The van der Waals surface area contributed by atoms with Crippen LogP contribution >= 0.6 is 0 Å². The SMILES string of the molecule is N#CN1CC2(CCN(Cc3ccc(-n4c(-c5cccnc5N)nc5ccc(-c6ccccc6)nc54)cc3)CC2)C1. The molecule has 8 heteroatoms. The smallest absolute Gasteiger partial charge is 0.179 e. The van der Waals surface area contributed by atoms with E-state index in [2.05, 4.69) is 57.0 Å². The van der Waals surface area contributed by atoms with Crippen LogP contribution in [0.25, 0.3) is 39.5 Å². The second-order valence-electron chi connectivity index (χ2n) is 11.0. The molecule has 2 fully saturated rings. The minimum Gasteiger partial charge on any atom is -0.383 e. The van der Waals surface area contributed by atoms with Crippen molar-refractivity contribution >= 4 is 17.0 Å². The topological polar surface area (TPSA) is 99.9 Å².